The number of piperazine rings is 1. The molecule has 0 radical (unpaired) electrons. The van der Waals surface area contributed by atoms with Crippen LogP contribution in [0.4, 0.5) is 17.5 Å². The summed E-state index contributed by atoms with van der Waals surface area (Å²) in [5.74, 6) is 1.31. The van der Waals surface area contributed by atoms with Crippen molar-refractivity contribution in [1.82, 2.24) is 20.1 Å². The number of hydrogen-bond donors (Lipinski definition) is 1. The van der Waals surface area contributed by atoms with Gasteiger partial charge >= 0.3 is 0 Å². The number of carbonyl (C=O) groups is 1. The molecule has 1 saturated heterocycles. The fourth-order valence-corrected chi connectivity index (χ4v) is 2.79. The smallest absolute Gasteiger partial charge is 0.247 e. The molecule has 7 nitrogen and oxygen atoms in total. The summed E-state index contributed by atoms with van der Waals surface area (Å²) in [6.07, 6.45) is 1.59. The first-order valence-corrected chi connectivity index (χ1v) is 8.14. The molecule has 2 aromatic rings. The maximum Gasteiger partial charge on any atom is 0.247 e. The zero-order valence-electron chi connectivity index (χ0n) is 12.7. The normalized spacial score (nSPS) is 14.7. The highest BCUT2D eigenvalue weighted by Gasteiger charge is 2.20. The summed E-state index contributed by atoms with van der Waals surface area (Å²) >= 11 is 3.49. The number of nitrogens with one attached hydrogen (secondary N) is 1. The van der Waals surface area contributed by atoms with Crippen molar-refractivity contribution in [2.75, 3.05) is 36.4 Å². The standard InChI is InChI=1S/C15H17BrN6O/c1-11(23)21-6-8-22(9-7-21)15-19-14(10-17-20-15)18-13-5-3-2-4-12(13)16/h2-5,10H,6-9H2,1H3,(H,18,19,20). The summed E-state index contributed by atoms with van der Waals surface area (Å²) in [5, 5.41) is 11.4. The van der Waals surface area contributed by atoms with E-state index in [1.54, 1.807) is 13.1 Å². The first kappa shape index (κ1) is 15.7. The summed E-state index contributed by atoms with van der Waals surface area (Å²) in [5.41, 5.74) is 0.917. The monoisotopic (exact) mass is 376 g/mol. The van der Waals surface area contributed by atoms with Crippen LogP contribution < -0.4 is 10.2 Å². The highest BCUT2D eigenvalue weighted by molar-refractivity contribution is 9.10. The fourth-order valence-electron chi connectivity index (χ4n) is 2.41. The van der Waals surface area contributed by atoms with Gasteiger partial charge in [0.1, 0.15) is 0 Å². The van der Waals surface area contributed by atoms with Crippen molar-refractivity contribution in [3.8, 4) is 0 Å². The molecule has 1 aliphatic rings. The van der Waals surface area contributed by atoms with Crippen molar-refractivity contribution in [2.24, 2.45) is 0 Å². The van der Waals surface area contributed by atoms with Crippen molar-refractivity contribution in [1.29, 1.82) is 0 Å². The number of nitrogens with zero attached hydrogens (tertiary/aromatic N) is 5. The van der Waals surface area contributed by atoms with Crippen LogP contribution in [0.25, 0.3) is 0 Å². The molecule has 1 aromatic carbocycles. The molecular weight excluding hydrogens is 360 g/mol. The van der Waals surface area contributed by atoms with Crippen molar-refractivity contribution >= 4 is 39.3 Å². The van der Waals surface area contributed by atoms with Gasteiger partial charge in [-0.2, -0.15) is 10.1 Å². The van der Waals surface area contributed by atoms with Crippen LogP contribution in [0.1, 0.15) is 6.92 Å². The van der Waals surface area contributed by atoms with Gasteiger partial charge in [0.15, 0.2) is 5.82 Å². The average molecular weight is 377 g/mol. The molecule has 0 unspecified atom stereocenters. The quantitative estimate of drug-likeness (QED) is 0.883. The Morgan fingerprint density at radius 2 is 1.96 bits per heavy atom. The van der Waals surface area contributed by atoms with Crippen molar-refractivity contribution in [3.05, 3.63) is 34.9 Å². The van der Waals surface area contributed by atoms with Crippen LogP contribution in [0.3, 0.4) is 0 Å². The molecule has 1 fully saturated rings. The van der Waals surface area contributed by atoms with E-state index >= 15 is 0 Å². The van der Waals surface area contributed by atoms with E-state index in [1.165, 1.54) is 0 Å². The Labute approximate surface area is 142 Å². The van der Waals surface area contributed by atoms with E-state index in [0.717, 1.165) is 10.2 Å². The third-order valence-electron chi connectivity index (χ3n) is 3.69. The van der Waals surface area contributed by atoms with Crippen LogP contribution >= 0.6 is 15.9 Å². The lowest BCUT2D eigenvalue weighted by Gasteiger charge is -2.33. The highest BCUT2D eigenvalue weighted by Crippen LogP contribution is 2.24. The fraction of sp³-hybridized carbons (Fsp3) is 0.333. The second-order valence-corrected chi connectivity index (χ2v) is 6.09. The second-order valence-electron chi connectivity index (χ2n) is 5.24. The molecule has 1 N–H and O–H groups in total. The molecule has 1 amide bonds. The number of amides is 1. The van der Waals surface area contributed by atoms with Gasteiger partial charge in [0.2, 0.25) is 11.9 Å². The minimum atomic E-state index is 0.105. The predicted octanol–water partition coefficient (Wildman–Crippen LogP) is 2.05. The Kier molecular flexibility index (Phi) is 4.71. The van der Waals surface area contributed by atoms with E-state index in [2.05, 4.69) is 36.4 Å². The van der Waals surface area contributed by atoms with Gasteiger partial charge in [0.05, 0.1) is 11.9 Å². The Morgan fingerprint density at radius 1 is 1.22 bits per heavy atom. The Hall–Kier alpha value is -2.22. The molecule has 0 saturated carbocycles. The lowest BCUT2D eigenvalue weighted by molar-refractivity contribution is -0.129. The lowest BCUT2D eigenvalue weighted by atomic mass is 10.3. The molecule has 1 aromatic heterocycles. The zero-order chi connectivity index (χ0) is 16.2. The molecule has 0 atom stereocenters. The maximum atomic E-state index is 11.4. The summed E-state index contributed by atoms with van der Waals surface area (Å²) < 4.78 is 0.954. The Morgan fingerprint density at radius 3 is 2.65 bits per heavy atom. The number of anilines is 3. The van der Waals surface area contributed by atoms with Crippen molar-refractivity contribution < 1.29 is 4.79 Å². The largest absolute Gasteiger partial charge is 0.339 e. The van der Waals surface area contributed by atoms with E-state index in [9.17, 15) is 4.79 Å². The molecule has 1 aliphatic heterocycles. The average Bonchev–Trinajstić information content (AvgIpc) is 2.57. The predicted molar refractivity (Wildman–Crippen MR) is 91.7 cm³/mol. The van der Waals surface area contributed by atoms with Crippen LogP contribution in [0, 0.1) is 0 Å². The van der Waals surface area contributed by atoms with E-state index in [0.29, 0.717) is 37.9 Å². The number of aromatic nitrogens is 3. The number of para-hydroxylation sites is 1. The van der Waals surface area contributed by atoms with Crippen LogP contribution in [0.15, 0.2) is 34.9 Å². The van der Waals surface area contributed by atoms with Crippen LogP contribution in [0.2, 0.25) is 0 Å². The van der Waals surface area contributed by atoms with E-state index < -0.39 is 0 Å². The number of carbonyl (C=O) groups excluding carboxylic acids is 1. The highest BCUT2D eigenvalue weighted by atomic mass is 79.9. The number of hydrogen-bond acceptors (Lipinski definition) is 6. The van der Waals surface area contributed by atoms with Crippen molar-refractivity contribution in [2.45, 2.75) is 6.92 Å². The summed E-state index contributed by atoms with van der Waals surface area (Å²) in [6.45, 7) is 4.37. The zero-order valence-corrected chi connectivity index (χ0v) is 14.3. The van der Waals surface area contributed by atoms with Gasteiger partial charge < -0.3 is 15.1 Å². The van der Waals surface area contributed by atoms with E-state index in [-0.39, 0.29) is 5.91 Å². The number of rotatable bonds is 3. The third-order valence-corrected chi connectivity index (χ3v) is 4.38. The Balaban J connectivity index is 1.71. The molecule has 0 spiro atoms. The van der Waals surface area contributed by atoms with Crippen LogP contribution in [0.5, 0.6) is 0 Å². The molecule has 8 heteroatoms. The molecular formula is C15H17BrN6O. The van der Waals surface area contributed by atoms with Crippen molar-refractivity contribution in [3.63, 3.8) is 0 Å². The number of benzene rings is 1. The topological polar surface area (TPSA) is 74.2 Å². The molecule has 120 valence electrons. The van der Waals surface area contributed by atoms with Crippen LogP contribution in [-0.4, -0.2) is 52.2 Å². The van der Waals surface area contributed by atoms with Gasteiger partial charge in [-0.3, -0.25) is 4.79 Å². The SMILES string of the molecule is CC(=O)N1CCN(c2nncc(Nc3ccccc3Br)n2)CC1. The summed E-state index contributed by atoms with van der Waals surface area (Å²) in [6, 6.07) is 7.81. The molecule has 0 bridgehead atoms. The second kappa shape index (κ2) is 6.91. The van der Waals surface area contributed by atoms with Crippen LogP contribution in [-0.2, 0) is 4.79 Å². The molecule has 2 heterocycles. The first-order chi connectivity index (χ1) is 11.1. The lowest BCUT2D eigenvalue weighted by Crippen LogP contribution is -2.48. The summed E-state index contributed by atoms with van der Waals surface area (Å²) in [4.78, 5) is 19.8. The van der Waals surface area contributed by atoms with Gasteiger partial charge in [-0.1, -0.05) is 12.1 Å². The maximum absolute atomic E-state index is 11.4. The minimum Gasteiger partial charge on any atom is -0.339 e. The molecule has 0 aliphatic carbocycles. The van der Waals surface area contributed by atoms with Gasteiger partial charge in [-0.25, -0.2) is 0 Å². The van der Waals surface area contributed by atoms with Gasteiger partial charge in [0, 0.05) is 37.6 Å². The first-order valence-electron chi connectivity index (χ1n) is 7.35. The van der Waals surface area contributed by atoms with E-state index in [4.69, 9.17) is 0 Å². The molecule has 23 heavy (non-hydrogen) atoms. The molecule has 3 rings (SSSR count). The van der Waals surface area contributed by atoms with Gasteiger partial charge in [0.25, 0.3) is 0 Å². The third kappa shape index (κ3) is 3.76. The number of halogens is 1. The minimum absolute atomic E-state index is 0.105. The van der Waals surface area contributed by atoms with Gasteiger partial charge in [-0.05, 0) is 28.1 Å². The summed E-state index contributed by atoms with van der Waals surface area (Å²) in [7, 11) is 0. The van der Waals surface area contributed by atoms with Gasteiger partial charge in [-0.15, -0.1) is 5.10 Å². The Bertz CT molecular complexity index is 702. The van der Waals surface area contributed by atoms with E-state index in [1.807, 2.05) is 34.1 Å².